The Hall–Kier alpha value is -3.08. The highest BCUT2D eigenvalue weighted by Gasteiger charge is 2.23. The number of piperazine rings is 1. The quantitative estimate of drug-likeness (QED) is 0.432. The third-order valence-electron chi connectivity index (χ3n) is 5.88. The molecule has 0 spiro atoms. The summed E-state index contributed by atoms with van der Waals surface area (Å²) in [4.78, 5) is 13.8. The van der Waals surface area contributed by atoms with E-state index in [9.17, 15) is 9.50 Å². The molecule has 1 aliphatic rings. The van der Waals surface area contributed by atoms with Crippen molar-refractivity contribution >= 4 is 33.8 Å². The summed E-state index contributed by atoms with van der Waals surface area (Å²) in [5.74, 6) is 1.47. The summed E-state index contributed by atoms with van der Waals surface area (Å²) in [5.41, 5.74) is 3.40. The normalized spacial score (nSPS) is 16.0. The fraction of sp³-hybridized carbons (Fsp3) is 0.375. The second kappa shape index (κ2) is 10.0. The standard InChI is InChI=1S/C23H26FN7OS.CH4/c1-3-18-22(29(2)23-27-19(14-33-23)15-4-6-16(24)7-5-15)31-20(26-18)8-9-21(28-31)30-11-10-25-17(12-30)13-32;/h4-9,14,17,25,32H,3,10-13H2,1-2H3;1H4/t17-;/m1./s1. The number of halogens is 1. The first-order valence-corrected chi connectivity index (χ1v) is 11.9. The third-order valence-corrected chi connectivity index (χ3v) is 6.80. The molecule has 0 saturated carbocycles. The lowest BCUT2D eigenvalue weighted by atomic mass is 10.2. The van der Waals surface area contributed by atoms with Gasteiger partial charge in [0.25, 0.3) is 0 Å². The number of nitrogens with one attached hydrogen (secondary N) is 1. The second-order valence-electron chi connectivity index (χ2n) is 8.06. The van der Waals surface area contributed by atoms with E-state index in [2.05, 4.69) is 17.1 Å². The third kappa shape index (κ3) is 4.48. The summed E-state index contributed by atoms with van der Waals surface area (Å²) < 4.78 is 15.2. The minimum absolute atomic E-state index is 0. The molecule has 0 amide bonds. The Morgan fingerprint density at radius 2 is 2.00 bits per heavy atom. The van der Waals surface area contributed by atoms with Crippen molar-refractivity contribution in [3.8, 4) is 11.3 Å². The van der Waals surface area contributed by atoms with E-state index in [1.165, 1.54) is 23.5 Å². The number of aromatic nitrogens is 4. The molecule has 4 heterocycles. The van der Waals surface area contributed by atoms with Crippen LogP contribution in [0.1, 0.15) is 20.0 Å². The molecule has 180 valence electrons. The van der Waals surface area contributed by atoms with E-state index >= 15 is 0 Å². The number of thiazole rings is 1. The fourth-order valence-electron chi connectivity index (χ4n) is 4.12. The van der Waals surface area contributed by atoms with E-state index in [0.717, 1.165) is 58.9 Å². The Bertz CT molecular complexity index is 1260. The number of hydrogen-bond acceptors (Lipinski definition) is 8. The molecular weight excluding hydrogens is 453 g/mol. The van der Waals surface area contributed by atoms with E-state index in [4.69, 9.17) is 15.1 Å². The molecule has 0 unspecified atom stereocenters. The van der Waals surface area contributed by atoms with Gasteiger partial charge in [0.15, 0.2) is 16.6 Å². The summed E-state index contributed by atoms with van der Waals surface area (Å²) >= 11 is 1.52. The van der Waals surface area contributed by atoms with Gasteiger partial charge < -0.3 is 20.2 Å². The van der Waals surface area contributed by atoms with Gasteiger partial charge in [0, 0.05) is 43.7 Å². The lowest BCUT2D eigenvalue weighted by molar-refractivity contribution is 0.235. The monoisotopic (exact) mass is 483 g/mol. The molecule has 34 heavy (non-hydrogen) atoms. The molecule has 3 aromatic heterocycles. The number of benzene rings is 1. The number of imidazole rings is 1. The summed E-state index contributed by atoms with van der Waals surface area (Å²) in [6.45, 7) is 4.49. The number of anilines is 3. The van der Waals surface area contributed by atoms with Crippen LogP contribution in [0.25, 0.3) is 16.9 Å². The van der Waals surface area contributed by atoms with Gasteiger partial charge in [-0.05, 0) is 42.8 Å². The van der Waals surface area contributed by atoms with Gasteiger partial charge in [0.2, 0.25) is 0 Å². The van der Waals surface area contributed by atoms with Gasteiger partial charge in [-0.1, -0.05) is 14.4 Å². The average molecular weight is 484 g/mol. The van der Waals surface area contributed by atoms with Gasteiger partial charge >= 0.3 is 0 Å². The molecule has 2 N–H and O–H groups in total. The van der Waals surface area contributed by atoms with Gasteiger partial charge in [0.1, 0.15) is 11.6 Å². The fourth-order valence-corrected chi connectivity index (χ4v) is 4.92. The van der Waals surface area contributed by atoms with Crippen LogP contribution in [0.15, 0.2) is 41.8 Å². The highest BCUT2D eigenvalue weighted by Crippen LogP contribution is 2.33. The van der Waals surface area contributed by atoms with Crippen LogP contribution in [-0.4, -0.2) is 64.0 Å². The zero-order valence-corrected chi connectivity index (χ0v) is 19.4. The molecule has 0 aliphatic carbocycles. The Labute approximate surface area is 202 Å². The lowest BCUT2D eigenvalue weighted by Gasteiger charge is -2.33. The zero-order valence-electron chi connectivity index (χ0n) is 18.6. The SMILES string of the molecule is C.CCc1nc2ccc(N3CCN[C@@H](CO)C3)nn2c1N(C)c1nc(-c2ccc(F)cc2)cs1. The van der Waals surface area contributed by atoms with Crippen molar-refractivity contribution in [3.05, 3.63) is 53.3 Å². The summed E-state index contributed by atoms with van der Waals surface area (Å²) in [6.07, 6.45) is 0.759. The maximum absolute atomic E-state index is 13.3. The molecule has 0 radical (unpaired) electrons. The summed E-state index contributed by atoms with van der Waals surface area (Å²) in [6, 6.07) is 10.4. The molecule has 1 atom stereocenters. The van der Waals surface area contributed by atoms with Crippen LogP contribution in [0.2, 0.25) is 0 Å². The number of aliphatic hydroxyl groups excluding tert-OH is 1. The zero-order chi connectivity index (χ0) is 22.9. The van der Waals surface area contributed by atoms with E-state index < -0.39 is 0 Å². The molecule has 4 aromatic rings. The average Bonchev–Trinajstić information content (AvgIpc) is 3.49. The number of rotatable bonds is 6. The predicted molar refractivity (Wildman–Crippen MR) is 136 cm³/mol. The van der Waals surface area contributed by atoms with Crippen LogP contribution in [0.3, 0.4) is 0 Å². The van der Waals surface area contributed by atoms with Gasteiger partial charge in [-0.25, -0.2) is 14.4 Å². The Morgan fingerprint density at radius 3 is 2.74 bits per heavy atom. The predicted octanol–water partition coefficient (Wildman–Crippen LogP) is 3.73. The van der Waals surface area contributed by atoms with Crippen molar-refractivity contribution in [3.63, 3.8) is 0 Å². The summed E-state index contributed by atoms with van der Waals surface area (Å²) in [7, 11) is 1.97. The first-order chi connectivity index (χ1) is 16.1. The first-order valence-electron chi connectivity index (χ1n) is 11.0. The largest absolute Gasteiger partial charge is 0.395 e. The molecule has 0 bridgehead atoms. The Morgan fingerprint density at radius 1 is 1.21 bits per heavy atom. The van der Waals surface area contributed by atoms with E-state index in [1.54, 1.807) is 12.1 Å². The first kappa shape index (κ1) is 24.1. The smallest absolute Gasteiger partial charge is 0.191 e. The number of nitrogens with zero attached hydrogens (tertiary/aromatic N) is 6. The number of aryl methyl sites for hydroxylation is 1. The molecular formula is C24H30FN7OS. The number of aliphatic hydroxyl groups is 1. The van der Waals surface area contributed by atoms with Crippen LogP contribution in [0.5, 0.6) is 0 Å². The minimum atomic E-state index is -0.263. The van der Waals surface area contributed by atoms with E-state index in [-0.39, 0.29) is 25.9 Å². The van der Waals surface area contributed by atoms with Gasteiger partial charge in [-0.2, -0.15) is 4.52 Å². The van der Waals surface area contributed by atoms with Crippen LogP contribution in [0, 0.1) is 5.82 Å². The van der Waals surface area contributed by atoms with E-state index in [0.29, 0.717) is 6.54 Å². The number of hydrogen-bond donors (Lipinski definition) is 2. The van der Waals surface area contributed by atoms with Crippen molar-refractivity contribution in [2.45, 2.75) is 26.8 Å². The topological polar surface area (TPSA) is 81.8 Å². The maximum atomic E-state index is 13.3. The van der Waals surface area contributed by atoms with Crippen LogP contribution in [-0.2, 0) is 6.42 Å². The van der Waals surface area contributed by atoms with Gasteiger partial charge in [-0.15, -0.1) is 16.4 Å². The highest BCUT2D eigenvalue weighted by atomic mass is 32.1. The molecule has 1 aromatic carbocycles. The van der Waals surface area contributed by atoms with Crippen molar-refractivity contribution in [1.82, 2.24) is 24.9 Å². The molecule has 8 nitrogen and oxygen atoms in total. The van der Waals surface area contributed by atoms with Crippen LogP contribution in [0.4, 0.5) is 21.2 Å². The van der Waals surface area contributed by atoms with Crippen LogP contribution >= 0.6 is 11.3 Å². The molecule has 5 rings (SSSR count). The van der Waals surface area contributed by atoms with Crippen molar-refractivity contribution < 1.29 is 9.50 Å². The molecule has 1 fully saturated rings. The minimum Gasteiger partial charge on any atom is -0.395 e. The number of fused-ring (bicyclic) bond motifs is 1. The Balaban J connectivity index is 0.00000274. The van der Waals surface area contributed by atoms with Crippen molar-refractivity contribution in [1.29, 1.82) is 0 Å². The van der Waals surface area contributed by atoms with Gasteiger partial charge in [-0.3, -0.25) is 0 Å². The highest BCUT2D eigenvalue weighted by molar-refractivity contribution is 7.14. The Kier molecular flexibility index (Phi) is 7.11. The van der Waals surface area contributed by atoms with Crippen molar-refractivity contribution in [2.75, 3.05) is 43.1 Å². The summed E-state index contributed by atoms with van der Waals surface area (Å²) in [5, 5.41) is 20.6. The van der Waals surface area contributed by atoms with Crippen LogP contribution < -0.4 is 15.1 Å². The van der Waals surface area contributed by atoms with E-state index in [1.807, 2.05) is 34.0 Å². The maximum Gasteiger partial charge on any atom is 0.191 e. The molecule has 10 heteroatoms. The second-order valence-corrected chi connectivity index (χ2v) is 8.89. The molecule has 1 aliphatic heterocycles. The van der Waals surface area contributed by atoms with Crippen molar-refractivity contribution in [2.24, 2.45) is 0 Å². The lowest BCUT2D eigenvalue weighted by Crippen LogP contribution is -2.52. The molecule has 1 saturated heterocycles. The van der Waals surface area contributed by atoms with Gasteiger partial charge in [0.05, 0.1) is 18.0 Å².